The van der Waals surface area contributed by atoms with Crippen molar-refractivity contribution in [2.24, 2.45) is 0 Å². The fraction of sp³-hybridized carbons (Fsp3) is 0.303. The molecule has 0 saturated carbocycles. The minimum atomic E-state index is -0.559. The number of allylic oxidation sites excluding steroid dienone is 1. The van der Waals surface area contributed by atoms with Crippen molar-refractivity contribution in [1.82, 2.24) is 14.8 Å². The van der Waals surface area contributed by atoms with Crippen molar-refractivity contribution in [3.05, 3.63) is 101 Å². The van der Waals surface area contributed by atoms with Gasteiger partial charge in [-0.2, -0.15) is 10.1 Å². The van der Waals surface area contributed by atoms with Gasteiger partial charge in [0.15, 0.2) is 11.5 Å². The van der Waals surface area contributed by atoms with Gasteiger partial charge in [0.2, 0.25) is 5.95 Å². The van der Waals surface area contributed by atoms with Crippen LogP contribution in [0, 0.1) is 0 Å². The Hall–Kier alpha value is -4.79. The van der Waals surface area contributed by atoms with E-state index in [0.717, 1.165) is 11.1 Å². The SMILES string of the molecule is CCOc1ccccc1NC(=O)C1=C(C)Nc2ncnn2C1c1ccc(OCc2ccc(C(C)(C)C)cc2)c(OC)c1. The normalized spacial score (nSPS) is 14.6. The Morgan fingerprint density at radius 3 is 2.48 bits per heavy atom. The summed E-state index contributed by atoms with van der Waals surface area (Å²) in [7, 11) is 1.60. The molecule has 4 aromatic rings. The Morgan fingerprint density at radius 2 is 1.76 bits per heavy atom. The van der Waals surface area contributed by atoms with Crippen molar-refractivity contribution in [1.29, 1.82) is 0 Å². The number of methoxy groups -OCH3 is 1. The second-order valence-electron chi connectivity index (χ2n) is 11.1. The lowest BCUT2D eigenvalue weighted by molar-refractivity contribution is -0.113. The van der Waals surface area contributed by atoms with Crippen molar-refractivity contribution in [2.75, 3.05) is 24.4 Å². The minimum absolute atomic E-state index is 0.0895. The van der Waals surface area contributed by atoms with Crippen molar-refractivity contribution in [3.8, 4) is 17.2 Å². The molecule has 2 heterocycles. The topological polar surface area (TPSA) is 99.5 Å². The van der Waals surface area contributed by atoms with E-state index in [1.807, 2.05) is 56.3 Å². The van der Waals surface area contributed by atoms with Crippen LogP contribution in [0.25, 0.3) is 0 Å². The van der Waals surface area contributed by atoms with Crippen LogP contribution in [0.3, 0.4) is 0 Å². The average molecular weight is 568 g/mol. The zero-order valence-electron chi connectivity index (χ0n) is 24.9. The number of nitrogens with zero attached hydrogens (tertiary/aromatic N) is 3. The summed E-state index contributed by atoms with van der Waals surface area (Å²) in [4.78, 5) is 18.2. The lowest BCUT2D eigenvalue weighted by Crippen LogP contribution is -2.31. The molecule has 1 amide bonds. The van der Waals surface area contributed by atoms with E-state index < -0.39 is 6.04 Å². The molecule has 1 unspecified atom stereocenters. The summed E-state index contributed by atoms with van der Waals surface area (Å²) in [6.45, 7) is 11.2. The fourth-order valence-corrected chi connectivity index (χ4v) is 4.97. The second kappa shape index (κ2) is 12.0. The van der Waals surface area contributed by atoms with Crippen molar-refractivity contribution < 1.29 is 19.0 Å². The Morgan fingerprint density at radius 1 is 1.00 bits per heavy atom. The van der Waals surface area contributed by atoms with Crippen molar-refractivity contribution in [2.45, 2.75) is 52.7 Å². The van der Waals surface area contributed by atoms with Gasteiger partial charge in [0.05, 0.1) is 25.0 Å². The van der Waals surface area contributed by atoms with Gasteiger partial charge in [-0.3, -0.25) is 4.79 Å². The molecule has 1 aromatic heterocycles. The zero-order valence-corrected chi connectivity index (χ0v) is 24.9. The van der Waals surface area contributed by atoms with Gasteiger partial charge in [0, 0.05) is 5.70 Å². The van der Waals surface area contributed by atoms with Crippen LogP contribution in [0.5, 0.6) is 17.2 Å². The summed E-state index contributed by atoms with van der Waals surface area (Å²) in [5.74, 6) is 2.02. The number of ether oxygens (including phenoxy) is 3. The molecule has 0 aliphatic carbocycles. The monoisotopic (exact) mass is 567 g/mol. The Bertz CT molecular complexity index is 1600. The summed E-state index contributed by atoms with van der Waals surface area (Å²) in [6, 6.07) is 20.9. The quantitative estimate of drug-likeness (QED) is 0.239. The number of fused-ring (bicyclic) bond motifs is 1. The van der Waals surface area contributed by atoms with Crippen LogP contribution in [0.2, 0.25) is 0 Å². The highest BCUT2D eigenvalue weighted by Crippen LogP contribution is 2.39. The first-order chi connectivity index (χ1) is 20.2. The van der Waals surface area contributed by atoms with Gasteiger partial charge in [-0.05, 0) is 60.2 Å². The summed E-state index contributed by atoms with van der Waals surface area (Å²) >= 11 is 0. The number of anilines is 2. The van der Waals surface area contributed by atoms with E-state index in [4.69, 9.17) is 14.2 Å². The maximum absolute atomic E-state index is 13.8. The molecule has 1 aliphatic heterocycles. The molecule has 1 aliphatic rings. The fourth-order valence-electron chi connectivity index (χ4n) is 4.97. The molecule has 0 saturated heterocycles. The van der Waals surface area contributed by atoms with Gasteiger partial charge in [-0.25, -0.2) is 4.68 Å². The third-order valence-corrected chi connectivity index (χ3v) is 7.19. The Kier molecular flexibility index (Phi) is 8.20. The van der Waals surface area contributed by atoms with E-state index in [1.165, 1.54) is 11.9 Å². The van der Waals surface area contributed by atoms with Crippen LogP contribution in [0.4, 0.5) is 11.6 Å². The van der Waals surface area contributed by atoms with Crippen molar-refractivity contribution in [3.63, 3.8) is 0 Å². The lowest BCUT2D eigenvalue weighted by Gasteiger charge is -2.29. The van der Waals surface area contributed by atoms with Crippen molar-refractivity contribution >= 4 is 17.5 Å². The molecule has 3 aromatic carbocycles. The molecule has 42 heavy (non-hydrogen) atoms. The van der Waals surface area contributed by atoms with Crippen LogP contribution in [0.1, 0.15) is 57.4 Å². The lowest BCUT2D eigenvalue weighted by atomic mass is 9.87. The summed E-state index contributed by atoms with van der Waals surface area (Å²) in [6.07, 6.45) is 1.47. The van der Waals surface area contributed by atoms with Gasteiger partial charge >= 0.3 is 0 Å². The number of aromatic nitrogens is 3. The first-order valence-electron chi connectivity index (χ1n) is 14.0. The summed E-state index contributed by atoms with van der Waals surface area (Å²) in [5.41, 5.74) is 4.97. The molecule has 9 heteroatoms. The number of rotatable bonds is 9. The van der Waals surface area contributed by atoms with Gasteiger partial charge in [0.1, 0.15) is 24.7 Å². The first kappa shape index (κ1) is 28.7. The number of hydrogen-bond acceptors (Lipinski definition) is 7. The van der Waals surface area contributed by atoms with E-state index in [9.17, 15) is 4.79 Å². The maximum Gasteiger partial charge on any atom is 0.255 e. The highest BCUT2D eigenvalue weighted by Gasteiger charge is 2.34. The predicted octanol–water partition coefficient (Wildman–Crippen LogP) is 6.49. The summed E-state index contributed by atoms with van der Waals surface area (Å²) in [5, 5.41) is 10.7. The van der Waals surface area contributed by atoms with E-state index in [0.29, 0.717) is 53.4 Å². The number of carbonyl (C=O) groups is 1. The molecule has 0 radical (unpaired) electrons. The largest absolute Gasteiger partial charge is 0.493 e. The number of para-hydroxylation sites is 2. The van der Waals surface area contributed by atoms with Crippen LogP contribution in [-0.4, -0.2) is 34.4 Å². The molecular weight excluding hydrogens is 530 g/mol. The van der Waals surface area contributed by atoms with E-state index in [-0.39, 0.29) is 11.3 Å². The number of benzene rings is 3. The number of hydrogen-bond donors (Lipinski definition) is 2. The average Bonchev–Trinajstić information content (AvgIpc) is 3.44. The van der Waals surface area contributed by atoms with E-state index in [2.05, 4.69) is 65.8 Å². The molecule has 2 N–H and O–H groups in total. The third-order valence-electron chi connectivity index (χ3n) is 7.19. The molecule has 0 spiro atoms. The molecule has 1 atom stereocenters. The van der Waals surface area contributed by atoms with Gasteiger partial charge in [-0.15, -0.1) is 0 Å². The first-order valence-corrected chi connectivity index (χ1v) is 14.0. The Labute approximate surface area is 246 Å². The smallest absolute Gasteiger partial charge is 0.255 e. The molecule has 5 rings (SSSR count). The van der Waals surface area contributed by atoms with Crippen LogP contribution in [-0.2, 0) is 16.8 Å². The molecular formula is C33H37N5O4. The predicted molar refractivity (Wildman–Crippen MR) is 163 cm³/mol. The van der Waals surface area contributed by atoms with Crippen LogP contribution < -0.4 is 24.8 Å². The number of nitrogens with one attached hydrogen (secondary N) is 2. The van der Waals surface area contributed by atoms with Crippen LogP contribution in [0.15, 0.2) is 84.3 Å². The molecule has 0 fully saturated rings. The van der Waals surface area contributed by atoms with E-state index >= 15 is 0 Å². The standard InChI is InChI=1S/C33H37N5O4/c1-7-41-26-11-9-8-10-25(26)37-31(39)29-21(2)36-32-34-20-35-38(32)30(29)23-14-17-27(28(18-23)40-6)42-19-22-12-15-24(16-13-22)33(3,4)5/h8-18,20,30H,7,19H2,1-6H3,(H,37,39)(H,34,35,36). The second-order valence-corrected chi connectivity index (χ2v) is 11.1. The Balaban J connectivity index is 1.43. The van der Waals surface area contributed by atoms with Gasteiger partial charge < -0.3 is 24.8 Å². The number of carbonyl (C=O) groups excluding carboxylic acids is 1. The van der Waals surface area contributed by atoms with Crippen LogP contribution >= 0.6 is 0 Å². The highest BCUT2D eigenvalue weighted by atomic mass is 16.5. The van der Waals surface area contributed by atoms with Gasteiger partial charge in [0.25, 0.3) is 5.91 Å². The number of amides is 1. The molecule has 218 valence electrons. The van der Waals surface area contributed by atoms with E-state index in [1.54, 1.807) is 11.8 Å². The zero-order chi connectivity index (χ0) is 29.9. The summed E-state index contributed by atoms with van der Waals surface area (Å²) < 4.78 is 19.3. The minimum Gasteiger partial charge on any atom is -0.493 e. The maximum atomic E-state index is 13.8. The highest BCUT2D eigenvalue weighted by molar-refractivity contribution is 6.06. The molecule has 0 bridgehead atoms. The van der Waals surface area contributed by atoms with Gasteiger partial charge in [-0.1, -0.05) is 63.2 Å². The third kappa shape index (κ3) is 5.95. The molecule has 9 nitrogen and oxygen atoms in total.